The van der Waals surface area contributed by atoms with E-state index >= 15 is 0 Å². The van der Waals surface area contributed by atoms with E-state index < -0.39 is 35.7 Å². The van der Waals surface area contributed by atoms with Crippen molar-refractivity contribution in [2.75, 3.05) is 14.2 Å². The summed E-state index contributed by atoms with van der Waals surface area (Å²) in [6.07, 6.45) is 1.56. The topological polar surface area (TPSA) is 107 Å². The third-order valence-corrected chi connectivity index (χ3v) is 4.32. The van der Waals surface area contributed by atoms with Gasteiger partial charge in [-0.1, -0.05) is 24.3 Å². The van der Waals surface area contributed by atoms with Gasteiger partial charge < -0.3 is 20.1 Å². The number of nitrogens with one attached hydrogen (secondary N) is 2. The monoisotopic (exact) mass is 417 g/mol. The quantitative estimate of drug-likeness (QED) is 0.594. The summed E-state index contributed by atoms with van der Waals surface area (Å²) >= 11 is 0. The molecule has 2 rings (SSSR count). The summed E-state index contributed by atoms with van der Waals surface area (Å²) in [5.41, 5.74) is 0.928. The predicted molar refractivity (Wildman–Crippen MR) is 106 cm³/mol. The van der Waals surface area contributed by atoms with Gasteiger partial charge in [0.15, 0.2) is 0 Å². The van der Waals surface area contributed by atoms with Gasteiger partial charge in [0, 0.05) is 32.0 Å². The molecule has 0 bridgehead atoms. The van der Waals surface area contributed by atoms with Gasteiger partial charge in [-0.2, -0.15) is 0 Å². The minimum Gasteiger partial charge on any atom is -0.481 e. The van der Waals surface area contributed by atoms with E-state index in [0.717, 1.165) is 0 Å². The van der Waals surface area contributed by atoms with E-state index in [-0.39, 0.29) is 18.4 Å². The average molecular weight is 417 g/mol. The number of esters is 1. The van der Waals surface area contributed by atoms with Crippen LogP contribution in [0.2, 0.25) is 0 Å². The number of rotatable bonds is 9. The number of nitrogens with zero attached hydrogens (tertiary/aromatic N) is 1. The van der Waals surface area contributed by atoms with Gasteiger partial charge in [-0.3, -0.25) is 9.59 Å². The molecule has 0 aliphatic carbocycles. The Morgan fingerprint density at radius 2 is 1.77 bits per heavy atom. The van der Waals surface area contributed by atoms with E-state index in [1.807, 2.05) is 0 Å². The van der Waals surface area contributed by atoms with E-state index in [4.69, 9.17) is 9.47 Å². The Labute approximate surface area is 173 Å². The van der Waals surface area contributed by atoms with E-state index in [0.29, 0.717) is 11.4 Å². The van der Waals surface area contributed by atoms with Crippen LogP contribution in [0.4, 0.5) is 4.39 Å². The molecule has 0 radical (unpaired) electrons. The van der Waals surface area contributed by atoms with Crippen molar-refractivity contribution >= 4 is 17.8 Å². The van der Waals surface area contributed by atoms with Crippen molar-refractivity contribution in [2.24, 2.45) is 0 Å². The molecule has 0 aliphatic heterocycles. The standard InChI is InChI=1S/C21H24FN3O5/c1-13(26)24-17(11-15-6-4-5-7-16(15)22)20(27)25-18(21(28)30-3)10-14-8-9-19(29-2)23-12-14/h4-9,12,17-18H,10-11H2,1-3H3,(H,24,26)(H,25,27)/t17-,18+/m1/s1. The highest BCUT2D eigenvalue weighted by atomic mass is 19.1. The van der Waals surface area contributed by atoms with Crippen LogP contribution in [0.5, 0.6) is 5.88 Å². The molecule has 0 unspecified atom stereocenters. The lowest BCUT2D eigenvalue weighted by atomic mass is 10.0. The van der Waals surface area contributed by atoms with Crippen molar-refractivity contribution in [1.29, 1.82) is 0 Å². The number of carbonyl (C=O) groups excluding carboxylic acids is 3. The highest BCUT2D eigenvalue weighted by Crippen LogP contribution is 2.12. The lowest BCUT2D eigenvalue weighted by Gasteiger charge is -2.22. The van der Waals surface area contributed by atoms with Crippen molar-refractivity contribution in [3.05, 3.63) is 59.5 Å². The predicted octanol–water partition coefficient (Wildman–Crippen LogP) is 1.18. The second-order valence-corrected chi connectivity index (χ2v) is 6.55. The second-order valence-electron chi connectivity index (χ2n) is 6.55. The number of ether oxygens (including phenoxy) is 2. The number of hydrogen-bond acceptors (Lipinski definition) is 6. The Balaban J connectivity index is 2.17. The zero-order valence-electron chi connectivity index (χ0n) is 17.0. The summed E-state index contributed by atoms with van der Waals surface area (Å²) in [5, 5.41) is 5.08. The van der Waals surface area contributed by atoms with E-state index in [2.05, 4.69) is 15.6 Å². The molecule has 30 heavy (non-hydrogen) atoms. The summed E-state index contributed by atoms with van der Waals surface area (Å²) < 4.78 is 23.8. The van der Waals surface area contributed by atoms with Gasteiger partial charge in [0.2, 0.25) is 17.7 Å². The first-order valence-corrected chi connectivity index (χ1v) is 9.21. The van der Waals surface area contributed by atoms with Crippen LogP contribution < -0.4 is 15.4 Å². The minimum atomic E-state index is -1.07. The molecule has 1 aromatic heterocycles. The first kappa shape index (κ1) is 22.8. The van der Waals surface area contributed by atoms with Crippen LogP contribution in [0, 0.1) is 5.82 Å². The maximum Gasteiger partial charge on any atom is 0.328 e. The highest BCUT2D eigenvalue weighted by molar-refractivity contribution is 5.90. The fourth-order valence-electron chi connectivity index (χ4n) is 2.83. The van der Waals surface area contributed by atoms with E-state index in [9.17, 15) is 18.8 Å². The fraction of sp³-hybridized carbons (Fsp3) is 0.333. The maximum atomic E-state index is 14.0. The number of hydrogen-bond donors (Lipinski definition) is 2. The molecule has 0 saturated carbocycles. The van der Waals surface area contributed by atoms with Crippen molar-refractivity contribution < 1.29 is 28.2 Å². The number of methoxy groups -OCH3 is 2. The van der Waals surface area contributed by atoms with Crippen LogP contribution >= 0.6 is 0 Å². The van der Waals surface area contributed by atoms with Gasteiger partial charge in [-0.25, -0.2) is 14.2 Å². The van der Waals surface area contributed by atoms with Gasteiger partial charge in [0.05, 0.1) is 14.2 Å². The Hall–Kier alpha value is -3.49. The molecular weight excluding hydrogens is 393 g/mol. The molecule has 0 spiro atoms. The summed E-state index contributed by atoms with van der Waals surface area (Å²) in [4.78, 5) is 40.7. The molecule has 1 aromatic carbocycles. The van der Waals surface area contributed by atoms with E-state index in [1.54, 1.807) is 18.2 Å². The first-order valence-electron chi connectivity index (χ1n) is 9.21. The van der Waals surface area contributed by atoms with Crippen molar-refractivity contribution in [3.8, 4) is 5.88 Å². The Morgan fingerprint density at radius 3 is 2.33 bits per heavy atom. The second kappa shape index (κ2) is 10.9. The first-order chi connectivity index (χ1) is 14.3. The molecular formula is C21H24FN3O5. The van der Waals surface area contributed by atoms with Crippen LogP contribution in [-0.4, -0.2) is 49.1 Å². The van der Waals surface area contributed by atoms with Crippen LogP contribution in [0.1, 0.15) is 18.1 Å². The Bertz CT molecular complexity index is 888. The fourth-order valence-corrected chi connectivity index (χ4v) is 2.83. The zero-order chi connectivity index (χ0) is 22.1. The van der Waals surface area contributed by atoms with Gasteiger partial charge >= 0.3 is 5.97 Å². The Morgan fingerprint density at radius 1 is 1.03 bits per heavy atom. The van der Waals surface area contributed by atoms with Crippen LogP contribution in [0.25, 0.3) is 0 Å². The SMILES string of the molecule is COC(=O)[C@H](Cc1ccc(OC)nc1)NC(=O)[C@@H](Cc1ccccc1F)NC(C)=O. The Kier molecular flexibility index (Phi) is 8.28. The molecule has 0 fully saturated rings. The normalized spacial score (nSPS) is 12.4. The molecule has 8 nitrogen and oxygen atoms in total. The van der Waals surface area contributed by atoms with Crippen molar-refractivity contribution in [1.82, 2.24) is 15.6 Å². The molecule has 2 amide bonds. The van der Waals surface area contributed by atoms with Gasteiger partial charge in [-0.15, -0.1) is 0 Å². The van der Waals surface area contributed by atoms with Crippen molar-refractivity contribution in [3.63, 3.8) is 0 Å². The van der Waals surface area contributed by atoms with Crippen LogP contribution in [-0.2, 0) is 32.0 Å². The zero-order valence-corrected chi connectivity index (χ0v) is 17.0. The number of carbonyl (C=O) groups is 3. The lowest BCUT2D eigenvalue weighted by Crippen LogP contribution is -2.53. The molecule has 0 saturated heterocycles. The van der Waals surface area contributed by atoms with Crippen molar-refractivity contribution in [2.45, 2.75) is 31.8 Å². The molecule has 9 heteroatoms. The van der Waals surface area contributed by atoms with Gasteiger partial charge in [0.1, 0.15) is 17.9 Å². The molecule has 2 atom stereocenters. The summed E-state index contributed by atoms with van der Waals surface area (Å²) in [6.45, 7) is 1.25. The third-order valence-electron chi connectivity index (χ3n) is 4.32. The number of pyridine rings is 1. The third kappa shape index (κ3) is 6.54. The average Bonchev–Trinajstić information content (AvgIpc) is 2.73. The van der Waals surface area contributed by atoms with Crippen LogP contribution in [0.3, 0.4) is 0 Å². The van der Waals surface area contributed by atoms with E-state index in [1.165, 1.54) is 45.5 Å². The number of benzene rings is 1. The number of halogens is 1. The van der Waals surface area contributed by atoms with Gasteiger partial charge in [0.25, 0.3) is 0 Å². The largest absolute Gasteiger partial charge is 0.481 e. The number of aromatic nitrogens is 1. The lowest BCUT2D eigenvalue weighted by molar-refractivity contribution is -0.145. The van der Waals surface area contributed by atoms with Crippen LogP contribution in [0.15, 0.2) is 42.6 Å². The maximum absolute atomic E-state index is 14.0. The minimum absolute atomic E-state index is 0.0733. The number of amides is 2. The molecule has 1 heterocycles. The smallest absolute Gasteiger partial charge is 0.328 e. The summed E-state index contributed by atoms with van der Waals surface area (Å²) in [5.74, 6) is -1.83. The van der Waals surface area contributed by atoms with Gasteiger partial charge in [-0.05, 0) is 17.2 Å². The summed E-state index contributed by atoms with van der Waals surface area (Å²) in [6, 6.07) is 7.21. The molecule has 0 aliphatic rings. The highest BCUT2D eigenvalue weighted by Gasteiger charge is 2.28. The molecule has 2 aromatic rings. The summed E-state index contributed by atoms with van der Waals surface area (Å²) in [7, 11) is 2.69. The molecule has 2 N–H and O–H groups in total. The molecule has 160 valence electrons.